The number of nitrogens with zero attached hydrogens (tertiary/aromatic N) is 4. The van der Waals surface area contributed by atoms with Gasteiger partial charge in [0.2, 0.25) is 0 Å². The summed E-state index contributed by atoms with van der Waals surface area (Å²) in [5, 5.41) is 14.5. The second-order valence-electron chi connectivity index (χ2n) is 7.78. The number of aliphatic carboxylic acids is 1. The summed E-state index contributed by atoms with van der Waals surface area (Å²) in [7, 11) is 0. The summed E-state index contributed by atoms with van der Waals surface area (Å²) in [5.74, 6) is -0.974. The average molecular weight is 392 g/mol. The molecule has 0 aliphatic carbocycles. The van der Waals surface area contributed by atoms with Gasteiger partial charge in [-0.3, -0.25) is 9.59 Å². The van der Waals surface area contributed by atoms with Gasteiger partial charge in [-0.2, -0.15) is 5.10 Å². The third-order valence-corrected chi connectivity index (χ3v) is 5.92. The molecule has 1 aliphatic heterocycles. The Bertz CT molecular complexity index is 1100. The standard InChI is InChI=1S/C22H24N4O3/c1-14-13-15(2)26-19(23-14)18(16(3)24-26)20(27)25-11-9-22(10-12-25,21(28)29)17-7-5-4-6-8-17/h4-8,13H,9-12H2,1-3H3,(H,28,29). The molecule has 7 nitrogen and oxygen atoms in total. The zero-order valence-corrected chi connectivity index (χ0v) is 16.8. The van der Waals surface area contributed by atoms with E-state index < -0.39 is 11.4 Å². The van der Waals surface area contributed by atoms with Crippen LogP contribution < -0.4 is 0 Å². The summed E-state index contributed by atoms with van der Waals surface area (Å²) in [6.07, 6.45) is 0.754. The lowest BCUT2D eigenvalue weighted by atomic mass is 9.72. The van der Waals surface area contributed by atoms with Crippen LogP contribution in [-0.4, -0.2) is 49.6 Å². The largest absolute Gasteiger partial charge is 0.481 e. The average Bonchev–Trinajstić information content (AvgIpc) is 3.04. The number of aryl methyl sites for hydroxylation is 3. The number of hydrogen-bond acceptors (Lipinski definition) is 4. The number of aromatic nitrogens is 3. The van der Waals surface area contributed by atoms with Crippen LogP contribution in [0, 0.1) is 20.8 Å². The lowest BCUT2D eigenvalue weighted by molar-refractivity contribution is -0.145. The van der Waals surface area contributed by atoms with Gasteiger partial charge < -0.3 is 10.0 Å². The predicted molar refractivity (Wildman–Crippen MR) is 108 cm³/mol. The van der Waals surface area contributed by atoms with Gasteiger partial charge in [-0.1, -0.05) is 30.3 Å². The van der Waals surface area contributed by atoms with Crippen molar-refractivity contribution in [3.8, 4) is 0 Å². The van der Waals surface area contributed by atoms with Crippen LogP contribution in [0.1, 0.15) is 45.8 Å². The molecule has 0 atom stereocenters. The molecule has 0 bridgehead atoms. The van der Waals surface area contributed by atoms with E-state index >= 15 is 0 Å². The Morgan fingerprint density at radius 1 is 1.07 bits per heavy atom. The fraction of sp³-hybridized carbons (Fsp3) is 0.364. The van der Waals surface area contributed by atoms with Crippen molar-refractivity contribution in [3.63, 3.8) is 0 Å². The minimum Gasteiger partial charge on any atom is -0.481 e. The summed E-state index contributed by atoms with van der Waals surface area (Å²) in [5.41, 5.74) is 3.27. The van der Waals surface area contributed by atoms with Gasteiger partial charge in [0.05, 0.1) is 11.1 Å². The van der Waals surface area contributed by atoms with Crippen molar-refractivity contribution < 1.29 is 14.7 Å². The van der Waals surface area contributed by atoms with Crippen LogP contribution in [-0.2, 0) is 10.2 Å². The third kappa shape index (κ3) is 3.06. The van der Waals surface area contributed by atoms with E-state index in [1.807, 2.05) is 57.2 Å². The van der Waals surface area contributed by atoms with Crippen LogP contribution in [0.25, 0.3) is 5.65 Å². The molecule has 1 fully saturated rings. The van der Waals surface area contributed by atoms with Crippen LogP contribution in [0.2, 0.25) is 0 Å². The topological polar surface area (TPSA) is 87.8 Å². The first-order chi connectivity index (χ1) is 13.8. The Balaban J connectivity index is 1.64. The molecule has 1 aliphatic rings. The van der Waals surface area contributed by atoms with Crippen molar-refractivity contribution in [2.75, 3.05) is 13.1 Å². The molecule has 3 aromatic rings. The van der Waals surface area contributed by atoms with Crippen LogP contribution in [0.3, 0.4) is 0 Å². The number of amides is 1. The highest BCUT2D eigenvalue weighted by Crippen LogP contribution is 2.36. The van der Waals surface area contributed by atoms with Gasteiger partial charge in [0.1, 0.15) is 5.56 Å². The van der Waals surface area contributed by atoms with Crippen molar-refractivity contribution in [2.45, 2.75) is 39.0 Å². The molecular weight excluding hydrogens is 368 g/mol. The molecule has 2 aromatic heterocycles. The van der Waals surface area contributed by atoms with Crippen molar-refractivity contribution in [2.24, 2.45) is 0 Å². The van der Waals surface area contributed by atoms with Crippen molar-refractivity contribution in [1.29, 1.82) is 0 Å². The van der Waals surface area contributed by atoms with E-state index in [1.165, 1.54) is 0 Å². The first-order valence-electron chi connectivity index (χ1n) is 9.75. The highest BCUT2D eigenvalue weighted by atomic mass is 16.4. The monoisotopic (exact) mass is 392 g/mol. The van der Waals surface area contributed by atoms with Crippen molar-refractivity contribution in [3.05, 3.63) is 64.6 Å². The number of fused-ring (bicyclic) bond motifs is 1. The highest BCUT2D eigenvalue weighted by molar-refractivity contribution is 6.01. The number of benzene rings is 1. The SMILES string of the molecule is Cc1cc(C)n2nc(C)c(C(=O)N3CCC(C(=O)O)(c4ccccc4)CC3)c2n1. The predicted octanol–water partition coefficient (Wildman–Crippen LogP) is 2.91. The zero-order chi connectivity index (χ0) is 20.8. The molecule has 0 saturated carbocycles. The molecule has 0 spiro atoms. The second-order valence-corrected chi connectivity index (χ2v) is 7.78. The summed E-state index contributed by atoms with van der Waals surface area (Å²) in [6.45, 7) is 6.39. The van der Waals surface area contributed by atoms with E-state index in [1.54, 1.807) is 9.42 Å². The van der Waals surface area contributed by atoms with Crippen LogP contribution in [0.4, 0.5) is 0 Å². The Hall–Kier alpha value is -3.22. The minimum atomic E-state index is -0.959. The molecule has 0 unspecified atom stereocenters. The summed E-state index contributed by atoms with van der Waals surface area (Å²) < 4.78 is 1.70. The fourth-order valence-corrected chi connectivity index (χ4v) is 4.31. The third-order valence-electron chi connectivity index (χ3n) is 5.92. The van der Waals surface area contributed by atoms with E-state index in [0.29, 0.717) is 42.8 Å². The lowest BCUT2D eigenvalue weighted by Gasteiger charge is -2.39. The van der Waals surface area contributed by atoms with Crippen molar-refractivity contribution >= 4 is 17.5 Å². The molecular formula is C22H24N4O3. The Morgan fingerprint density at radius 2 is 1.72 bits per heavy atom. The first kappa shape index (κ1) is 19.1. The second kappa shape index (κ2) is 6.99. The Labute approximate surface area is 169 Å². The van der Waals surface area contributed by atoms with E-state index in [2.05, 4.69) is 10.1 Å². The van der Waals surface area contributed by atoms with Crippen LogP contribution in [0.15, 0.2) is 36.4 Å². The summed E-state index contributed by atoms with van der Waals surface area (Å²) in [6, 6.07) is 11.2. The van der Waals surface area contributed by atoms with E-state index in [9.17, 15) is 14.7 Å². The lowest BCUT2D eigenvalue weighted by Crippen LogP contribution is -2.49. The smallest absolute Gasteiger partial charge is 0.314 e. The number of carbonyl (C=O) groups is 2. The molecule has 1 amide bonds. The molecule has 0 radical (unpaired) electrons. The number of likely N-dealkylation sites (tertiary alicyclic amines) is 1. The van der Waals surface area contributed by atoms with E-state index in [-0.39, 0.29) is 5.91 Å². The van der Waals surface area contributed by atoms with Gasteiger partial charge >= 0.3 is 5.97 Å². The number of carbonyl (C=O) groups excluding carboxylic acids is 1. The molecule has 1 saturated heterocycles. The normalized spacial score (nSPS) is 16.2. The van der Waals surface area contributed by atoms with E-state index in [4.69, 9.17) is 0 Å². The number of carboxylic acid groups (broad SMARTS) is 1. The molecule has 1 N–H and O–H groups in total. The molecule has 3 heterocycles. The maximum absolute atomic E-state index is 13.3. The highest BCUT2D eigenvalue weighted by Gasteiger charge is 2.44. The minimum absolute atomic E-state index is 0.137. The summed E-state index contributed by atoms with van der Waals surface area (Å²) >= 11 is 0. The summed E-state index contributed by atoms with van der Waals surface area (Å²) in [4.78, 5) is 31.7. The Kier molecular flexibility index (Phi) is 4.61. The first-order valence-corrected chi connectivity index (χ1v) is 9.75. The van der Waals surface area contributed by atoms with E-state index in [0.717, 1.165) is 17.0 Å². The van der Waals surface area contributed by atoms with Gasteiger partial charge in [-0.25, -0.2) is 9.50 Å². The molecule has 150 valence electrons. The number of piperidine rings is 1. The molecule has 7 heteroatoms. The van der Waals surface area contributed by atoms with Crippen LogP contribution in [0.5, 0.6) is 0 Å². The maximum Gasteiger partial charge on any atom is 0.314 e. The van der Waals surface area contributed by atoms with Crippen molar-refractivity contribution in [1.82, 2.24) is 19.5 Å². The number of carboxylic acids is 1. The van der Waals surface area contributed by atoms with Crippen LogP contribution >= 0.6 is 0 Å². The molecule has 29 heavy (non-hydrogen) atoms. The number of hydrogen-bond donors (Lipinski definition) is 1. The van der Waals surface area contributed by atoms with Gasteiger partial charge in [-0.05, 0) is 45.2 Å². The zero-order valence-electron chi connectivity index (χ0n) is 16.8. The van der Waals surface area contributed by atoms with Gasteiger partial charge in [0.25, 0.3) is 5.91 Å². The maximum atomic E-state index is 13.3. The quantitative estimate of drug-likeness (QED) is 0.740. The fourth-order valence-electron chi connectivity index (χ4n) is 4.31. The Morgan fingerprint density at radius 3 is 2.34 bits per heavy atom. The molecule has 1 aromatic carbocycles. The van der Waals surface area contributed by atoms with Gasteiger partial charge in [-0.15, -0.1) is 0 Å². The number of rotatable bonds is 3. The van der Waals surface area contributed by atoms with Gasteiger partial charge in [0, 0.05) is 24.5 Å². The van der Waals surface area contributed by atoms with Gasteiger partial charge in [0.15, 0.2) is 5.65 Å². The molecule has 4 rings (SSSR count).